The number of thiazole rings is 1. The van der Waals surface area contributed by atoms with Crippen LogP contribution in [0.2, 0.25) is 5.02 Å². The lowest BCUT2D eigenvalue weighted by Crippen LogP contribution is -2.49. The van der Waals surface area contributed by atoms with E-state index in [1.807, 2.05) is 23.1 Å². The van der Waals surface area contributed by atoms with Crippen molar-refractivity contribution in [1.82, 2.24) is 9.88 Å². The van der Waals surface area contributed by atoms with Gasteiger partial charge in [0.05, 0.1) is 15.5 Å². The fourth-order valence-corrected chi connectivity index (χ4v) is 4.27. The number of benzene rings is 1. The lowest BCUT2D eigenvalue weighted by molar-refractivity contribution is -0.128. The van der Waals surface area contributed by atoms with Crippen molar-refractivity contribution in [3.63, 3.8) is 0 Å². The van der Waals surface area contributed by atoms with Crippen molar-refractivity contribution in [2.24, 2.45) is 0 Å². The van der Waals surface area contributed by atoms with Gasteiger partial charge in [0.15, 0.2) is 10.2 Å². The molecule has 2 heterocycles. The topological polar surface area (TPSA) is 53.5 Å². The zero-order chi connectivity index (χ0) is 16.4. The largest absolute Gasteiger partial charge is 0.345 e. The Bertz CT molecular complexity index is 741. The summed E-state index contributed by atoms with van der Waals surface area (Å²) < 4.78 is 1.07. The van der Waals surface area contributed by atoms with Crippen LogP contribution in [0.5, 0.6) is 0 Å². The second-order valence-electron chi connectivity index (χ2n) is 5.23. The summed E-state index contributed by atoms with van der Waals surface area (Å²) in [4.78, 5) is 31.6. The van der Waals surface area contributed by atoms with Crippen LogP contribution in [-0.2, 0) is 9.59 Å². The van der Waals surface area contributed by atoms with Crippen molar-refractivity contribution >= 4 is 61.1 Å². The number of rotatable bonds is 3. The van der Waals surface area contributed by atoms with E-state index >= 15 is 0 Å². The Kier molecular flexibility index (Phi) is 5.08. The van der Waals surface area contributed by atoms with Crippen LogP contribution in [0, 0.1) is 0 Å². The van der Waals surface area contributed by atoms with Crippen molar-refractivity contribution in [1.29, 1.82) is 0 Å². The number of hydrogen-bond acceptors (Lipinski definition) is 6. The molecule has 0 radical (unpaired) electrons. The summed E-state index contributed by atoms with van der Waals surface area (Å²) in [6.07, 6.45) is 0. The molecule has 1 aliphatic heterocycles. The second-order valence-corrected chi connectivity index (χ2v) is 7.80. The third-order valence-corrected chi connectivity index (χ3v) is 5.84. The summed E-state index contributed by atoms with van der Waals surface area (Å²) >= 11 is 8.86. The maximum atomic E-state index is 12.0. The molecule has 23 heavy (non-hydrogen) atoms. The van der Waals surface area contributed by atoms with Crippen molar-refractivity contribution in [3.8, 4) is 0 Å². The van der Waals surface area contributed by atoms with Gasteiger partial charge in [-0.2, -0.15) is 0 Å². The molecule has 1 saturated heterocycles. The number of piperazine rings is 1. The van der Waals surface area contributed by atoms with E-state index in [-0.39, 0.29) is 16.8 Å². The van der Waals surface area contributed by atoms with Crippen molar-refractivity contribution in [3.05, 3.63) is 23.2 Å². The highest BCUT2D eigenvalue weighted by atomic mass is 35.5. The first-order chi connectivity index (χ1) is 11.0. The van der Waals surface area contributed by atoms with Gasteiger partial charge in [-0.1, -0.05) is 40.8 Å². The molecule has 5 nitrogen and oxygen atoms in total. The highest BCUT2D eigenvalue weighted by molar-refractivity contribution is 8.14. The van der Waals surface area contributed by atoms with E-state index in [1.54, 1.807) is 11.3 Å². The van der Waals surface area contributed by atoms with Crippen LogP contribution in [0.15, 0.2) is 18.2 Å². The van der Waals surface area contributed by atoms with Gasteiger partial charge in [-0.25, -0.2) is 4.98 Å². The molecular weight excluding hydrogens is 354 g/mol. The summed E-state index contributed by atoms with van der Waals surface area (Å²) in [5, 5.41) is 1.58. The van der Waals surface area contributed by atoms with Gasteiger partial charge in [-0.05, 0) is 12.1 Å². The number of nitrogens with zero attached hydrogens (tertiary/aromatic N) is 3. The van der Waals surface area contributed by atoms with Gasteiger partial charge in [0.25, 0.3) is 0 Å². The van der Waals surface area contributed by atoms with E-state index in [1.165, 1.54) is 6.92 Å². The molecule has 3 rings (SSSR count). The minimum absolute atomic E-state index is 0.0247. The molecule has 122 valence electrons. The van der Waals surface area contributed by atoms with Crippen molar-refractivity contribution < 1.29 is 9.59 Å². The molecule has 1 aliphatic rings. The molecule has 0 atom stereocenters. The maximum Gasteiger partial charge on any atom is 0.233 e. The minimum Gasteiger partial charge on any atom is -0.345 e. The molecule has 0 saturated carbocycles. The van der Waals surface area contributed by atoms with Gasteiger partial charge in [0.1, 0.15) is 5.52 Å². The van der Waals surface area contributed by atoms with Crippen LogP contribution in [0.4, 0.5) is 5.13 Å². The minimum atomic E-state index is -0.0247. The molecule has 1 aromatic heterocycles. The number of carbonyl (C=O) groups is 2. The molecule has 8 heteroatoms. The highest BCUT2D eigenvalue weighted by Gasteiger charge is 2.23. The molecule has 0 N–H and O–H groups in total. The number of carbonyl (C=O) groups excluding carboxylic acids is 2. The summed E-state index contributed by atoms with van der Waals surface area (Å²) in [5.41, 5.74) is 0.838. The molecule has 1 amide bonds. The number of hydrogen-bond donors (Lipinski definition) is 0. The normalized spacial score (nSPS) is 15.2. The van der Waals surface area contributed by atoms with Crippen LogP contribution < -0.4 is 4.90 Å². The summed E-state index contributed by atoms with van der Waals surface area (Å²) in [7, 11) is 0. The first-order valence-electron chi connectivity index (χ1n) is 7.26. The smallest absolute Gasteiger partial charge is 0.233 e. The number of anilines is 1. The van der Waals surface area contributed by atoms with Crippen molar-refractivity contribution in [2.75, 3.05) is 36.8 Å². The average molecular weight is 370 g/mol. The SMILES string of the molecule is CC(=O)SCC(=O)N1CCN(c2nc3c(Cl)cccc3s2)CC1. The quantitative estimate of drug-likeness (QED) is 0.832. The van der Waals surface area contributed by atoms with E-state index in [0.717, 1.165) is 40.2 Å². The molecule has 0 spiro atoms. The average Bonchev–Trinajstić information content (AvgIpc) is 2.98. The van der Waals surface area contributed by atoms with E-state index in [0.29, 0.717) is 18.1 Å². The van der Waals surface area contributed by atoms with Gasteiger partial charge in [0.2, 0.25) is 5.91 Å². The van der Waals surface area contributed by atoms with E-state index in [4.69, 9.17) is 11.6 Å². The fraction of sp³-hybridized carbons (Fsp3) is 0.400. The molecular formula is C15H16ClN3O2S2. The first kappa shape index (κ1) is 16.5. The number of para-hydroxylation sites is 1. The predicted octanol–water partition coefficient (Wildman–Crippen LogP) is 2.88. The number of fused-ring (bicyclic) bond motifs is 1. The maximum absolute atomic E-state index is 12.0. The Labute approximate surface area is 147 Å². The number of aromatic nitrogens is 1. The second kappa shape index (κ2) is 7.07. The monoisotopic (exact) mass is 369 g/mol. The Hall–Kier alpha value is -1.31. The third kappa shape index (κ3) is 3.79. The lowest BCUT2D eigenvalue weighted by atomic mass is 10.3. The molecule has 0 unspecified atom stereocenters. The zero-order valence-corrected chi connectivity index (χ0v) is 15.0. The van der Waals surface area contributed by atoms with E-state index < -0.39 is 0 Å². The van der Waals surface area contributed by atoms with E-state index in [9.17, 15) is 9.59 Å². The predicted molar refractivity (Wildman–Crippen MR) is 96.6 cm³/mol. The Morgan fingerprint density at radius 3 is 2.70 bits per heavy atom. The Morgan fingerprint density at radius 2 is 2.04 bits per heavy atom. The standard InChI is InChI=1S/C15H16ClN3O2S2/c1-10(20)22-9-13(21)18-5-7-19(8-6-18)15-17-14-11(16)3-2-4-12(14)23-15/h2-4H,5-9H2,1H3. The van der Waals surface area contributed by atoms with Crippen LogP contribution in [0.3, 0.4) is 0 Å². The third-order valence-electron chi connectivity index (χ3n) is 3.66. The van der Waals surface area contributed by atoms with E-state index in [2.05, 4.69) is 9.88 Å². The van der Waals surface area contributed by atoms with Gasteiger partial charge < -0.3 is 9.80 Å². The molecule has 1 aromatic carbocycles. The zero-order valence-electron chi connectivity index (χ0n) is 12.6. The van der Waals surface area contributed by atoms with Crippen LogP contribution >= 0.6 is 34.7 Å². The molecule has 2 aromatic rings. The molecule has 0 bridgehead atoms. The number of thioether (sulfide) groups is 1. The van der Waals surface area contributed by atoms with Gasteiger partial charge in [0, 0.05) is 33.1 Å². The van der Waals surface area contributed by atoms with Crippen molar-refractivity contribution in [2.45, 2.75) is 6.92 Å². The summed E-state index contributed by atoms with van der Waals surface area (Å²) in [6, 6.07) is 5.79. The van der Waals surface area contributed by atoms with Gasteiger partial charge in [-0.3, -0.25) is 9.59 Å². The van der Waals surface area contributed by atoms with Crippen LogP contribution in [-0.4, -0.2) is 52.8 Å². The van der Waals surface area contributed by atoms with Gasteiger partial charge in [-0.15, -0.1) is 0 Å². The fourth-order valence-electron chi connectivity index (χ4n) is 2.44. The number of amides is 1. The number of halogens is 1. The Balaban J connectivity index is 1.63. The summed E-state index contributed by atoms with van der Waals surface area (Å²) in [6.45, 7) is 4.28. The van der Waals surface area contributed by atoms with Crippen LogP contribution in [0.1, 0.15) is 6.92 Å². The Morgan fingerprint density at radius 1 is 1.30 bits per heavy atom. The summed E-state index contributed by atoms with van der Waals surface area (Å²) in [5.74, 6) is 0.253. The highest BCUT2D eigenvalue weighted by Crippen LogP contribution is 2.33. The molecule has 1 fully saturated rings. The molecule has 0 aliphatic carbocycles. The lowest BCUT2D eigenvalue weighted by Gasteiger charge is -2.34. The van der Waals surface area contributed by atoms with Gasteiger partial charge >= 0.3 is 0 Å². The van der Waals surface area contributed by atoms with Crippen LogP contribution in [0.25, 0.3) is 10.2 Å². The first-order valence-corrected chi connectivity index (χ1v) is 9.44.